The summed E-state index contributed by atoms with van der Waals surface area (Å²) in [6, 6.07) is 4.96. The van der Waals surface area contributed by atoms with E-state index in [9.17, 15) is 4.79 Å². The van der Waals surface area contributed by atoms with Gasteiger partial charge >= 0.3 is 5.97 Å². The summed E-state index contributed by atoms with van der Waals surface area (Å²) in [5.74, 6) is -0.311. The molecule has 1 saturated carbocycles. The summed E-state index contributed by atoms with van der Waals surface area (Å²) in [5, 5.41) is 4.31. The molecule has 1 aromatic rings. The van der Waals surface area contributed by atoms with Crippen LogP contribution in [0.3, 0.4) is 0 Å². The lowest BCUT2D eigenvalue weighted by atomic mass is 10.1. The second-order valence-corrected chi connectivity index (χ2v) is 6.92. The van der Waals surface area contributed by atoms with Crippen LogP contribution in [-0.4, -0.2) is 17.6 Å². The van der Waals surface area contributed by atoms with E-state index in [1.165, 1.54) is 0 Å². The van der Waals surface area contributed by atoms with Crippen LogP contribution in [0.4, 0.5) is 0 Å². The van der Waals surface area contributed by atoms with E-state index in [0.29, 0.717) is 21.7 Å². The van der Waals surface area contributed by atoms with Crippen LogP contribution in [0, 0.1) is 0 Å². The number of esters is 1. The zero-order valence-corrected chi connectivity index (χ0v) is 13.4. The molecule has 0 aromatic heterocycles. The number of ether oxygens (including phenoxy) is 1. The fraction of sp³-hybridized carbons (Fsp3) is 0.533. The molecule has 110 valence electrons. The smallest absolute Gasteiger partial charge is 0.328 e. The summed E-state index contributed by atoms with van der Waals surface area (Å²) in [7, 11) is 0. The largest absolute Gasteiger partial charge is 0.459 e. The van der Waals surface area contributed by atoms with E-state index >= 15 is 0 Å². The first-order valence-electron chi connectivity index (χ1n) is 6.70. The minimum Gasteiger partial charge on any atom is -0.459 e. The lowest BCUT2D eigenvalue weighted by Crippen LogP contribution is -2.36. The van der Waals surface area contributed by atoms with Crippen molar-refractivity contribution in [3.05, 3.63) is 33.8 Å². The zero-order valence-electron chi connectivity index (χ0n) is 11.9. The highest BCUT2D eigenvalue weighted by Gasteiger charge is 2.33. The second-order valence-electron chi connectivity index (χ2n) is 6.07. The minimum atomic E-state index is -0.550. The molecule has 2 rings (SSSR count). The number of carbonyl (C=O) groups excluding carboxylic acids is 1. The maximum Gasteiger partial charge on any atom is 0.328 e. The molecule has 0 aliphatic heterocycles. The van der Waals surface area contributed by atoms with Gasteiger partial charge in [-0.15, -0.1) is 0 Å². The summed E-state index contributed by atoms with van der Waals surface area (Å²) >= 11 is 12.1. The van der Waals surface area contributed by atoms with Gasteiger partial charge in [0.1, 0.15) is 11.6 Å². The molecule has 0 heterocycles. The Labute approximate surface area is 129 Å². The van der Waals surface area contributed by atoms with E-state index in [1.807, 2.05) is 20.8 Å². The van der Waals surface area contributed by atoms with Gasteiger partial charge in [0.15, 0.2) is 0 Å². The average molecular weight is 316 g/mol. The van der Waals surface area contributed by atoms with Gasteiger partial charge in [0.05, 0.1) is 0 Å². The Morgan fingerprint density at radius 1 is 1.35 bits per heavy atom. The van der Waals surface area contributed by atoms with Crippen LogP contribution < -0.4 is 5.32 Å². The lowest BCUT2D eigenvalue weighted by Gasteiger charge is -2.25. The number of hydrogen-bond donors (Lipinski definition) is 1. The molecule has 1 aliphatic rings. The normalized spacial score (nSPS) is 16.9. The molecule has 1 fully saturated rings. The third-order valence-corrected chi connectivity index (χ3v) is 3.46. The summed E-state index contributed by atoms with van der Waals surface area (Å²) in [6.45, 7) is 5.55. The molecule has 1 aliphatic carbocycles. The minimum absolute atomic E-state index is 0.311. The molecule has 1 aromatic carbocycles. The molecule has 20 heavy (non-hydrogen) atoms. The first-order valence-corrected chi connectivity index (χ1v) is 7.46. The molecule has 5 heteroatoms. The highest BCUT2D eigenvalue weighted by atomic mass is 35.5. The van der Waals surface area contributed by atoms with Gasteiger partial charge in [0.2, 0.25) is 0 Å². The maximum atomic E-state index is 12.4. The van der Waals surface area contributed by atoms with E-state index in [0.717, 1.165) is 12.8 Å². The van der Waals surface area contributed by atoms with Gasteiger partial charge in [0, 0.05) is 16.1 Å². The topological polar surface area (TPSA) is 38.3 Å². The Morgan fingerprint density at radius 2 is 2.00 bits per heavy atom. The Hall–Kier alpha value is -0.770. The number of nitrogens with one attached hydrogen (secondary N) is 1. The third kappa shape index (κ3) is 4.37. The van der Waals surface area contributed by atoms with Crippen LogP contribution in [0.25, 0.3) is 0 Å². The SMILES string of the molecule is CC(C)(C)OC(=O)C(NC1CC1)c1ccc(Cl)cc1Cl. The first kappa shape index (κ1) is 15.6. The summed E-state index contributed by atoms with van der Waals surface area (Å²) in [5.41, 5.74) is 0.177. The van der Waals surface area contributed by atoms with Gasteiger partial charge in [-0.3, -0.25) is 5.32 Å². The van der Waals surface area contributed by atoms with E-state index in [2.05, 4.69) is 5.32 Å². The highest BCUT2D eigenvalue weighted by Crippen LogP contribution is 2.31. The second kappa shape index (κ2) is 5.92. The molecule has 3 nitrogen and oxygen atoms in total. The Balaban J connectivity index is 2.24. The molecular formula is C15H19Cl2NO2. The molecule has 0 radical (unpaired) electrons. The van der Waals surface area contributed by atoms with E-state index in [-0.39, 0.29) is 5.97 Å². The van der Waals surface area contributed by atoms with Crippen molar-refractivity contribution >= 4 is 29.2 Å². The predicted molar refractivity (Wildman–Crippen MR) is 81.2 cm³/mol. The molecule has 0 saturated heterocycles. The zero-order chi connectivity index (χ0) is 14.9. The van der Waals surface area contributed by atoms with Crippen molar-refractivity contribution in [3.8, 4) is 0 Å². The molecule has 1 N–H and O–H groups in total. The predicted octanol–water partition coefficient (Wildman–Crippen LogP) is 4.13. The van der Waals surface area contributed by atoms with Gasteiger partial charge in [-0.2, -0.15) is 0 Å². The monoisotopic (exact) mass is 315 g/mol. The Morgan fingerprint density at radius 3 is 2.50 bits per heavy atom. The van der Waals surface area contributed by atoms with Gasteiger partial charge in [0.25, 0.3) is 0 Å². The van der Waals surface area contributed by atoms with Crippen molar-refractivity contribution < 1.29 is 9.53 Å². The highest BCUT2D eigenvalue weighted by molar-refractivity contribution is 6.35. The summed E-state index contributed by atoms with van der Waals surface area (Å²) in [4.78, 5) is 12.4. The lowest BCUT2D eigenvalue weighted by molar-refractivity contribution is -0.157. The fourth-order valence-electron chi connectivity index (χ4n) is 1.87. The molecular weight excluding hydrogens is 297 g/mol. The van der Waals surface area contributed by atoms with Crippen LogP contribution in [0.5, 0.6) is 0 Å². The molecule has 0 bridgehead atoms. The van der Waals surface area contributed by atoms with Crippen molar-refractivity contribution in [1.29, 1.82) is 0 Å². The van der Waals surface area contributed by atoms with Crippen molar-refractivity contribution in [1.82, 2.24) is 5.32 Å². The van der Waals surface area contributed by atoms with Crippen LogP contribution in [-0.2, 0) is 9.53 Å². The number of rotatable bonds is 4. The van der Waals surface area contributed by atoms with Gasteiger partial charge < -0.3 is 4.74 Å². The van der Waals surface area contributed by atoms with Crippen LogP contribution in [0.15, 0.2) is 18.2 Å². The molecule has 0 spiro atoms. The fourth-order valence-corrected chi connectivity index (χ4v) is 2.38. The molecule has 1 atom stereocenters. The summed E-state index contributed by atoms with van der Waals surface area (Å²) in [6.07, 6.45) is 2.15. The number of hydrogen-bond acceptors (Lipinski definition) is 3. The number of halogens is 2. The van der Waals surface area contributed by atoms with Crippen molar-refractivity contribution in [2.45, 2.75) is 51.3 Å². The van der Waals surface area contributed by atoms with Crippen molar-refractivity contribution in [2.24, 2.45) is 0 Å². The quantitative estimate of drug-likeness (QED) is 0.849. The molecule has 0 amide bonds. The summed E-state index contributed by atoms with van der Waals surface area (Å²) < 4.78 is 5.48. The maximum absolute atomic E-state index is 12.4. The Kier molecular flexibility index (Phi) is 4.62. The number of carbonyl (C=O) groups is 1. The third-order valence-electron chi connectivity index (χ3n) is 2.90. The van der Waals surface area contributed by atoms with E-state index in [1.54, 1.807) is 18.2 Å². The van der Waals surface area contributed by atoms with Gasteiger partial charge in [-0.05, 0) is 51.3 Å². The standard InChI is InChI=1S/C15H19Cl2NO2/c1-15(2,3)20-14(19)13(18-10-5-6-10)11-7-4-9(16)8-12(11)17/h4,7-8,10,13,18H,5-6H2,1-3H3. The average Bonchev–Trinajstić information content (AvgIpc) is 3.08. The van der Waals surface area contributed by atoms with Crippen LogP contribution in [0.2, 0.25) is 10.0 Å². The van der Waals surface area contributed by atoms with Gasteiger partial charge in [-0.1, -0.05) is 29.3 Å². The van der Waals surface area contributed by atoms with Crippen LogP contribution in [0.1, 0.15) is 45.2 Å². The van der Waals surface area contributed by atoms with Crippen LogP contribution >= 0.6 is 23.2 Å². The van der Waals surface area contributed by atoms with Gasteiger partial charge in [-0.25, -0.2) is 4.79 Å². The van der Waals surface area contributed by atoms with Crippen molar-refractivity contribution in [3.63, 3.8) is 0 Å². The first-order chi connectivity index (χ1) is 9.26. The van der Waals surface area contributed by atoms with E-state index < -0.39 is 11.6 Å². The van der Waals surface area contributed by atoms with Crippen molar-refractivity contribution in [2.75, 3.05) is 0 Å². The number of benzene rings is 1. The molecule has 1 unspecified atom stereocenters. The van der Waals surface area contributed by atoms with E-state index in [4.69, 9.17) is 27.9 Å². The Bertz CT molecular complexity index is 507.